The number of nitrogens with zero attached hydrogens (tertiary/aromatic N) is 3. The number of rotatable bonds is 6. The highest BCUT2D eigenvalue weighted by Crippen LogP contribution is 2.38. The number of ether oxygens (including phenoxy) is 2. The van der Waals surface area contributed by atoms with Crippen LogP contribution in [-0.4, -0.2) is 39.0 Å². The van der Waals surface area contributed by atoms with Gasteiger partial charge in [0.25, 0.3) is 0 Å². The molecule has 1 aromatic carbocycles. The highest BCUT2D eigenvalue weighted by Gasteiger charge is 2.29. The van der Waals surface area contributed by atoms with Crippen LogP contribution in [0.4, 0.5) is 10.5 Å². The number of aryl methyl sites for hydroxylation is 2. The third-order valence-corrected chi connectivity index (χ3v) is 5.38. The van der Waals surface area contributed by atoms with Crippen LogP contribution < -0.4 is 5.32 Å². The van der Waals surface area contributed by atoms with Gasteiger partial charge in [-0.25, -0.2) is 19.3 Å². The van der Waals surface area contributed by atoms with Crippen LogP contribution in [0.15, 0.2) is 18.7 Å². The third-order valence-electron chi connectivity index (χ3n) is 5.38. The Morgan fingerprint density at radius 3 is 2.38 bits per heavy atom. The van der Waals surface area contributed by atoms with E-state index < -0.39 is 18.2 Å². The molecule has 8 heteroatoms. The molecular weight excluding hydrogens is 372 g/mol. The van der Waals surface area contributed by atoms with Crippen molar-refractivity contribution < 1.29 is 19.1 Å². The van der Waals surface area contributed by atoms with Gasteiger partial charge in [-0.05, 0) is 74.6 Å². The molecule has 0 bridgehead atoms. The summed E-state index contributed by atoms with van der Waals surface area (Å²) < 4.78 is 12.2. The number of amides is 1. The number of aromatic nitrogens is 3. The molecule has 0 radical (unpaired) electrons. The van der Waals surface area contributed by atoms with Crippen LogP contribution in [0, 0.1) is 0 Å². The van der Waals surface area contributed by atoms with Crippen LogP contribution in [0.2, 0.25) is 0 Å². The molecule has 0 saturated heterocycles. The Labute approximate surface area is 169 Å². The minimum Gasteiger partial charge on any atom is -0.460 e. The maximum atomic E-state index is 12.8. The number of hydrogen-bond donors (Lipinski definition) is 1. The molecule has 1 amide bonds. The minimum absolute atomic E-state index is 0.0456. The fraction of sp³-hybridized carbons (Fsp3) is 0.524. The van der Waals surface area contributed by atoms with Crippen LogP contribution in [0.3, 0.4) is 0 Å². The van der Waals surface area contributed by atoms with E-state index in [-0.39, 0.29) is 12.6 Å². The summed E-state index contributed by atoms with van der Waals surface area (Å²) in [4.78, 5) is 29.1. The Morgan fingerprint density at radius 2 is 1.79 bits per heavy atom. The number of carbonyl (C=O) groups is 2. The molecule has 29 heavy (non-hydrogen) atoms. The zero-order valence-electron chi connectivity index (χ0n) is 16.8. The highest BCUT2D eigenvalue weighted by molar-refractivity contribution is 5.90. The third kappa shape index (κ3) is 4.26. The molecule has 0 aliphatic heterocycles. The van der Waals surface area contributed by atoms with Gasteiger partial charge >= 0.3 is 12.1 Å². The first-order valence-corrected chi connectivity index (χ1v) is 10.2. The molecular formula is C21H26N4O4. The molecule has 2 aliphatic rings. The van der Waals surface area contributed by atoms with Gasteiger partial charge < -0.3 is 9.47 Å². The van der Waals surface area contributed by atoms with Crippen LogP contribution in [0.25, 0.3) is 0 Å². The lowest BCUT2D eigenvalue weighted by molar-refractivity contribution is -0.158. The SMILES string of the molecule is CC(C)OC(=O)C(Cn1cncn1)OC(=O)Nc1c2c(cc3c1CCC3)CCC2. The fourth-order valence-corrected chi connectivity index (χ4v) is 4.19. The highest BCUT2D eigenvalue weighted by atomic mass is 16.6. The van der Waals surface area contributed by atoms with Crippen molar-refractivity contribution in [1.29, 1.82) is 0 Å². The van der Waals surface area contributed by atoms with Crippen molar-refractivity contribution in [2.45, 2.75) is 71.1 Å². The van der Waals surface area contributed by atoms with E-state index in [0.29, 0.717) is 0 Å². The number of hydrogen-bond acceptors (Lipinski definition) is 6. The number of fused-ring (bicyclic) bond motifs is 2. The average Bonchev–Trinajstić information content (AvgIpc) is 3.41. The predicted octanol–water partition coefficient (Wildman–Crippen LogP) is 2.82. The molecule has 2 aromatic rings. The summed E-state index contributed by atoms with van der Waals surface area (Å²) in [5, 5.41) is 6.94. The molecule has 2 aliphatic carbocycles. The second kappa shape index (κ2) is 8.23. The van der Waals surface area contributed by atoms with Crippen LogP contribution >= 0.6 is 0 Å². The fourth-order valence-electron chi connectivity index (χ4n) is 4.19. The second-order valence-electron chi connectivity index (χ2n) is 7.86. The Kier molecular flexibility index (Phi) is 5.51. The van der Waals surface area contributed by atoms with Gasteiger partial charge in [0.2, 0.25) is 6.10 Å². The van der Waals surface area contributed by atoms with E-state index in [1.54, 1.807) is 13.8 Å². The monoisotopic (exact) mass is 398 g/mol. The number of esters is 1. The van der Waals surface area contributed by atoms with Gasteiger partial charge in [-0.15, -0.1) is 0 Å². The molecule has 154 valence electrons. The molecule has 8 nitrogen and oxygen atoms in total. The summed E-state index contributed by atoms with van der Waals surface area (Å²) >= 11 is 0. The van der Waals surface area contributed by atoms with Gasteiger partial charge in [-0.1, -0.05) is 6.07 Å². The van der Waals surface area contributed by atoms with Crippen LogP contribution in [0.5, 0.6) is 0 Å². The smallest absolute Gasteiger partial charge is 0.412 e. The molecule has 1 atom stereocenters. The summed E-state index contributed by atoms with van der Waals surface area (Å²) in [6.07, 6.45) is 6.95. The molecule has 1 unspecified atom stereocenters. The summed E-state index contributed by atoms with van der Waals surface area (Å²) in [5.41, 5.74) is 5.94. The summed E-state index contributed by atoms with van der Waals surface area (Å²) in [6.45, 7) is 3.55. The Bertz CT molecular complexity index is 876. The topological polar surface area (TPSA) is 95.3 Å². The van der Waals surface area contributed by atoms with Gasteiger partial charge in [0.05, 0.1) is 18.3 Å². The van der Waals surface area contributed by atoms with Gasteiger partial charge in [0.15, 0.2) is 0 Å². The molecule has 4 rings (SSSR count). The first kappa shape index (κ1) is 19.4. The summed E-state index contributed by atoms with van der Waals surface area (Å²) in [7, 11) is 0. The summed E-state index contributed by atoms with van der Waals surface area (Å²) in [6, 6.07) is 2.30. The maximum absolute atomic E-state index is 12.8. The van der Waals surface area contributed by atoms with Crippen molar-refractivity contribution in [3.63, 3.8) is 0 Å². The van der Waals surface area contributed by atoms with Crippen molar-refractivity contribution in [3.8, 4) is 0 Å². The van der Waals surface area contributed by atoms with Crippen molar-refractivity contribution >= 4 is 17.7 Å². The number of nitrogens with one attached hydrogen (secondary N) is 1. The lowest BCUT2D eigenvalue weighted by atomic mass is 9.99. The minimum atomic E-state index is -1.11. The van der Waals surface area contributed by atoms with Gasteiger partial charge in [0, 0.05) is 0 Å². The van der Waals surface area contributed by atoms with E-state index in [1.165, 1.54) is 39.6 Å². The van der Waals surface area contributed by atoms with E-state index in [2.05, 4.69) is 21.5 Å². The Balaban J connectivity index is 1.52. The summed E-state index contributed by atoms with van der Waals surface area (Å²) in [5.74, 6) is -0.603. The lowest BCUT2D eigenvalue weighted by Crippen LogP contribution is -2.36. The zero-order chi connectivity index (χ0) is 20.4. The number of benzene rings is 1. The van der Waals surface area contributed by atoms with E-state index in [0.717, 1.165) is 44.2 Å². The van der Waals surface area contributed by atoms with Crippen molar-refractivity contribution in [3.05, 3.63) is 41.0 Å². The Morgan fingerprint density at radius 1 is 1.10 bits per heavy atom. The van der Waals surface area contributed by atoms with Gasteiger partial charge in [0.1, 0.15) is 12.7 Å². The lowest BCUT2D eigenvalue weighted by Gasteiger charge is -2.20. The van der Waals surface area contributed by atoms with E-state index in [1.807, 2.05) is 0 Å². The predicted molar refractivity (Wildman–Crippen MR) is 106 cm³/mol. The molecule has 0 fully saturated rings. The quantitative estimate of drug-likeness (QED) is 0.752. The van der Waals surface area contributed by atoms with Gasteiger partial charge in [-0.3, -0.25) is 5.32 Å². The number of anilines is 1. The molecule has 0 saturated carbocycles. The standard InChI is InChI=1S/C21H26N4O4/c1-13(2)28-20(26)18(10-25-12-22-11-23-25)29-21(27)24-19-16-7-3-5-14(16)9-15-6-4-8-17(15)19/h9,11-13,18H,3-8,10H2,1-2H3,(H,24,27). The van der Waals surface area contributed by atoms with Crippen LogP contribution in [0.1, 0.15) is 48.9 Å². The number of carbonyl (C=O) groups excluding carboxylic acids is 2. The van der Waals surface area contributed by atoms with E-state index in [9.17, 15) is 9.59 Å². The van der Waals surface area contributed by atoms with Gasteiger partial charge in [-0.2, -0.15) is 5.10 Å². The van der Waals surface area contributed by atoms with Crippen molar-refractivity contribution in [1.82, 2.24) is 14.8 Å². The Hall–Kier alpha value is -2.90. The zero-order valence-corrected chi connectivity index (χ0v) is 16.8. The first-order valence-electron chi connectivity index (χ1n) is 10.2. The molecule has 1 heterocycles. The second-order valence-corrected chi connectivity index (χ2v) is 7.86. The molecule has 1 aromatic heterocycles. The normalized spacial score (nSPS) is 15.7. The van der Waals surface area contributed by atoms with Crippen molar-refractivity contribution in [2.75, 3.05) is 5.32 Å². The first-order chi connectivity index (χ1) is 14.0. The van der Waals surface area contributed by atoms with Crippen molar-refractivity contribution in [2.24, 2.45) is 0 Å². The maximum Gasteiger partial charge on any atom is 0.412 e. The van der Waals surface area contributed by atoms with Crippen LogP contribution in [-0.2, 0) is 46.5 Å². The van der Waals surface area contributed by atoms with E-state index in [4.69, 9.17) is 9.47 Å². The van der Waals surface area contributed by atoms with E-state index >= 15 is 0 Å². The molecule has 0 spiro atoms. The average molecular weight is 398 g/mol. The molecule has 1 N–H and O–H groups in total. The largest absolute Gasteiger partial charge is 0.460 e.